The van der Waals surface area contributed by atoms with Crippen molar-refractivity contribution >= 4 is 29.7 Å². The molecule has 0 radical (unpaired) electrons. The Hall–Kier alpha value is -1.43. The van der Waals surface area contributed by atoms with Gasteiger partial charge in [-0.15, -0.1) is 3.89 Å². The highest BCUT2D eigenvalue weighted by molar-refractivity contribution is 7.95. The number of nitrogens with one attached hydrogen (secondary N) is 1. The Balaban J connectivity index is 3.10. The van der Waals surface area contributed by atoms with E-state index in [2.05, 4.69) is 4.72 Å². The number of hydrogen-bond acceptors (Lipinski definition) is 4. The van der Waals surface area contributed by atoms with E-state index in [1.807, 2.05) is 0 Å². The largest absolute Gasteiger partial charge is 0.478 e. The number of nitrogen functional groups attached to an aromatic ring is 1. The molecule has 0 aliphatic heterocycles. The van der Waals surface area contributed by atoms with Crippen LogP contribution in [0.3, 0.4) is 0 Å². The molecule has 0 unspecified atom stereocenters. The first-order valence-electron chi connectivity index (χ1n) is 3.31. The van der Waals surface area contributed by atoms with Crippen LogP contribution in [0.25, 0.3) is 0 Å². The highest BCUT2D eigenvalue weighted by Gasteiger charge is 2.09. The van der Waals surface area contributed by atoms with Crippen molar-refractivity contribution in [2.45, 2.75) is 0 Å². The molecular formula is C7H7FN2O2S. The van der Waals surface area contributed by atoms with Gasteiger partial charge < -0.3 is 15.6 Å². The molecule has 0 saturated heterocycles. The maximum atomic E-state index is 11.8. The third-order valence-corrected chi connectivity index (χ3v) is 1.72. The number of anilines is 2. The minimum atomic E-state index is -1.13. The first kappa shape index (κ1) is 9.66. The van der Waals surface area contributed by atoms with Gasteiger partial charge in [-0.2, -0.15) is 0 Å². The van der Waals surface area contributed by atoms with Crippen LogP contribution in [-0.2, 0) is 0 Å². The third-order valence-electron chi connectivity index (χ3n) is 1.42. The lowest BCUT2D eigenvalue weighted by atomic mass is 10.1. The molecule has 0 saturated carbocycles. The van der Waals surface area contributed by atoms with Crippen LogP contribution in [0, 0.1) is 0 Å². The predicted octanol–water partition coefficient (Wildman–Crippen LogP) is 1.91. The molecule has 0 atom stereocenters. The molecule has 13 heavy (non-hydrogen) atoms. The van der Waals surface area contributed by atoms with E-state index < -0.39 is 5.97 Å². The zero-order chi connectivity index (χ0) is 9.84. The summed E-state index contributed by atoms with van der Waals surface area (Å²) in [7, 11) is 0. The number of aromatic carboxylic acids is 1. The highest BCUT2D eigenvalue weighted by atomic mass is 32.2. The van der Waals surface area contributed by atoms with Gasteiger partial charge in [-0.25, -0.2) is 4.79 Å². The first-order valence-corrected chi connectivity index (χ1v) is 4.03. The van der Waals surface area contributed by atoms with Crippen LogP contribution >= 0.6 is 12.3 Å². The Morgan fingerprint density at radius 3 is 2.85 bits per heavy atom. The smallest absolute Gasteiger partial charge is 0.337 e. The fraction of sp³-hybridized carbons (Fsp3) is 0. The Labute approximate surface area is 78.4 Å². The van der Waals surface area contributed by atoms with Gasteiger partial charge in [-0.3, -0.25) is 0 Å². The molecule has 0 fully saturated rings. The van der Waals surface area contributed by atoms with Crippen LogP contribution in [0.2, 0.25) is 0 Å². The van der Waals surface area contributed by atoms with Crippen molar-refractivity contribution in [3.05, 3.63) is 23.8 Å². The summed E-state index contributed by atoms with van der Waals surface area (Å²) in [6.07, 6.45) is 0. The van der Waals surface area contributed by atoms with Crippen LogP contribution in [0.5, 0.6) is 0 Å². The zero-order valence-corrected chi connectivity index (χ0v) is 7.27. The molecule has 1 aromatic rings. The summed E-state index contributed by atoms with van der Waals surface area (Å²) in [6.45, 7) is 0. The maximum Gasteiger partial charge on any atom is 0.337 e. The number of halogens is 1. The quantitative estimate of drug-likeness (QED) is 0.515. The maximum absolute atomic E-state index is 11.8. The van der Waals surface area contributed by atoms with Crippen molar-refractivity contribution in [1.29, 1.82) is 0 Å². The average molecular weight is 202 g/mol. The lowest BCUT2D eigenvalue weighted by Gasteiger charge is -2.05. The molecule has 4 nitrogen and oxygen atoms in total. The summed E-state index contributed by atoms with van der Waals surface area (Å²) in [5.74, 6) is -1.13. The molecule has 0 bridgehead atoms. The van der Waals surface area contributed by atoms with E-state index in [1.54, 1.807) is 0 Å². The van der Waals surface area contributed by atoms with Gasteiger partial charge in [0, 0.05) is 5.69 Å². The van der Waals surface area contributed by atoms with E-state index in [1.165, 1.54) is 18.2 Å². The molecule has 0 aliphatic rings. The van der Waals surface area contributed by atoms with Crippen molar-refractivity contribution < 1.29 is 13.8 Å². The standard InChI is InChI=1S/C7H7FN2O2S/c8-13-10-6-3-4(9)1-2-5(6)7(11)12/h1-3,10H,9H2,(H,11,12). The SMILES string of the molecule is Nc1ccc(C(=O)O)c(NSF)c1. The van der Waals surface area contributed by atoms with Gasteiger partial charge in [-0.1, -0.05) is 0 Å². The van der Waals surface area contributed by atoms with Crippen molar-refractivity contribution in [3.63, 3.8) is 0 Å². The first-order chi connectivity index (χ1) is 6.15. The second kappa shape index (κ2) is 3.99. The van der Waals surface area contributed by atoms with Crippen LogP contribution in [-0.4, -0.2) is 11.1 Å². The van der Waals surface area contributed by atoms with E-state index in [-0.39, 0.29) is 23.6 Å². The number of carboxylic acid groups (broad SMARTS) is 1. The lowest BCUT2D eigenvalue weighted by molar-refractivity contribution is 0.0698. The number of nitrogens with two attached hydrogens (primary N) is 1. The van der Waals surface area contributed by atoms with Crippen LogP contribution in [0.1, 0.15) is 10.4 Å². The molecule has 4 N–H and O–H groups in total. The minimum absolute atomic E-state index is 0.0145. The monoisotopic (exact) mass is 202 g/mol. The summed E-state index contributed by atoms with van der Waals surface area (Å²) in [5, 5.41) is 8.67. The fourth-order valence-corrected chi connectivity index (χ4v) is 1.13. The normalized spacial score (nSPS) is 9.62. The molecule has 6 heteroatoms. The molecule has 0 aliphatic carbocycles. The van der Waals surface area contributed by atoms with E-state index in [0.717, 1.165) is 0 Å². The molecule has 70 valence electrons. The van der Waals surface area contributed by atoms with Gasteiger partial charge in [0.2, 0.25) is 0 Å². The number of carboxylic acids is 1. The zero-order valence-electron chi connectivity index (χ0n) is 6.45. The molecule has 0 amide bonds. The van der Waals surface area contributed by atoms with Crippen molar-refractivity contribution in [2.75, 3.05) is 10.5 Å². The molecule has 0 spiro atoms. The molecule has 1 rings (SSSR count). The van der Waals surface area contributed by atoms with Crippen LogP contribution in [0.15, 0.2) is 18.2 Å². The van der Waals surface area contributed by atoms with Crippen molar-refractivity contribution in [3.8, 4) is 0 Å². The Kier molecular flexibility index (Phi) is 2.97. The lowest BCUT2D eigenvalue weighted by Crippen LogP contribution is -2.01. The number of benzene rings is 1. The molecule has 0 heterocycles. The number of carbonyl (C=O) groups is 1. The van der Waals surface area contributed by atoms with E-state index >= 15 is 0 Å². The van der Waals surface area contributed by atoms with E-state index in [4.69, 9.17) is 10.8 Å². The Morgan fingerprint density at radius 2 is 2.31 bits per heavy atom. The summed E-state index contributed by atoms with van der Waals surface area (Å²) < 4.78 is 14.0. The Morgan fingerprint density at radius 1 is 1.62 bits per heavy atom. The summed E-state index contributed by atoms with van der Waals surface area (Å²) >= 11 is -0.174. The molecular weight excluding hydrogens is 195 g/mol. The van der Waals surface area contributed by atoms with Crippen molar-refractivity contribution in [1.82, 2.24) is 0 Å². The average Bonchev–Trinajstić information content (AvgIpc) is 2.04. The van der Waals surface area contributed by atoms with Gasteiger partial charge in [0.15, 0.2) is 12.3 Å². The number of hydrogen-bond donors (Lipinski definition) is 3. The van der Waals surface area contributed by atoms with Gasteiger partial charge in [0.25, 0.3) is 0 Å². The van der Waals surface area contributed by atoms with Gasteiger partial charge in [0.1, 0.15) is 0 Å². The Bertz CT molecular complexity index is 332. The molecule has 0 aromatic heterocycles. The third kappa shape index (κ3) is 2.25. The second-order valence-corrected chi connectivity index (χ2v) is 2.65. The van der Waals surface area contributed by atoms with Gasteiger partial charge in [-0.05, 0) is 18.2 Å². The second-order valence-electron chi connectivity index (χ2n) is 2.29. The fourth-order valence-electron chi connectivity index (χ4n) is 0.874. The van der Waals surface area contributed by atoms with Crippen molar-refractivity contribution in [2.24, 2.45) is 0 Å². The van der Waals surface area contributed by atoms with Gasteiger partial charge in [0.05, 0.1) is 11.3 Å². The van der Waals surface area contributed by atoms with E-state index in [0.29, 0.717) is 5.69 Å². The van der Waals surface area contributed by atoms with E-state index in [9.17, 15) is 8.68 Å². The predicted molar refractivity (Wildman–Crippen MR) is 50.1 cm³/mol. The topological polar surface area (TPSA) is 75.4 Å². The summed E-state index contributed by atoms with van der Waals surface area (Å²) in [6, 6.07) is 4.11. The van der Waals surface area contributed by atoms with Crippen LogP contribution in [0.4, 0.5) is 15.3 Å². The minimum Gasteiger partial charge on any atom is -0.478 e. The highest BCUT2D eigenvalue weighted by Crippen LogP contribution is 2.22. The molecule has 1 aromatic carbocycles. The number of rotatable bonds is 3. The van der Waals surface area contributed by atoms with Crippen LogP contribution < -0.4 is 10.5 Å². The van der Waals surface area contributed by atoms with Gasteiger partial charge >= 0.3 is 5.97 Å². The summed E-state index contributed by atoms with van der Waals surface area (Å²) in [4.78, 5) is 10.6. The summed E-state index contributed by atoms with van der Waals surface area (Å²) in [5.41, 5.74) is 5.91.